The van der Waals surface area contributed by atoms with Crippen molar-refractivity contribution in [2.24, 2.45) is 0 Å². The van der Waals surface area contributed by atoms with Gasteiger partial charge in [0.15, 0.2) is 0 Å². The lowest BCUT2D eigenvalue weighted by Gasteiger charge is -2.23. The molecule has 3 heterocycles. The van der Waals surface area contributed by atoms with Gasteiger partial charge in [-0.15, -0.1) is 11.3 Å². The Kier molecular flexibility index (Phi) is 7.18. The molecule has 0 aliphatic carbocycles. The van der Waals surface area contributed by atoms with Gasteiger partial charge < -0.3 is 24.6 Å². The summed E-state index contributed by atoms with van der Waals surface area (Å²) in [4.78, 5) is 47.5. The van der Waals surface area contributed by atoms with Crippen LogP contribution in [0.4, 0.5) is 0 Å². The molecule has 1 aromatic heterocycles. The minimum absolute atomic E-state index is 0.123. The molecular formula is C28H30N4O5S. The molecule has 0 unspecified atom stereocenters. The fourth-order valence-electron chi connectivity index (χ4n) is 4.75. The molecule has 198 valence electrons. The summed E-state index contributed by atoms with van der Waals surface area (Å²) >= 11 is 1.36. The van der Waals surface area contributed by atoms with Crippen molar-refractivity contribution in [3.05, 3.63) is 74.7 Å². The third kappa shape index (κ3) is 5.41. The molecule has 0 saturated carbocycles. The Labute approximate surface area is 225 Å². The number of carbonyl (C=O) groups excluding carboxylic acids is 3. The van der Waals surface area contributed by atoms with Gasteiger partial charge in [0, 0.05) is 25.7 Å². The summed E-state index contributed by atoms with van der Waals surface area (Å²) in [6.07, 6.45) is -0.425. The second-order valence-electron chi connectivity index (χ2n) is 9.77. The molecule has 10 heteroatoms. The van der Waals surface area contributed by atoms with Crippen LogP contribution in [0.25, 0.3) is 0 Å². The molecule has 9 nitrogen and oxygen atoms in total. The lowest BCUT2D eigenvalue weighted by molar-refractivity contribution is -0.123. The number of nitrogens with one attached hydrogen (secondary N) is 1. The van der Waals surface area contributed by atoms with Crippen molar-refractivity contribution < 1.29 is 23.9 Å². The number of hydrogen-bond acceptors (Lipinski definition) is 7. The van der Waals surface area contributed by atoms with Crippen LogP contribution in [-0.2, 0) is 16.1 Å². The summed E-state index contributed by atoms with van der Waals surface area (Å²) in [5, 5.41) is 3.83. The Hall–Kier alpha value is -3.76. The number of amides is 3. The van der Waals surface area contributed by atoms with Gasteiger partial charge in [0.1, 0.15) is 16.4 Å². The van der Waals surface area contributed by atoms with E-state index in [2.05, 4.69) is 10.3 Å². The summed E-state index contributed by atoms with van der Waals surface area (Å²) in [6.45, 7) is 6.39. The van der Waals surface area contributed by atoms with Crippen molar-refractivity contribution in [1.82, 2.24) is 20.1 Å². The number of ether oxygens (including phenoxy) is 2. The number of aromatic nitrogens is 1. The third-order valence-electron chi connectivity index (χ3n) is 6.75. The van der Waals surface area contributed by atoms with E-state index >= 15 is 0 Å². The normalized spacial score (nSPS) is 20.1. The van der Waals surface area contributed by atoms with E-state index in [0.29, 0.717) is 40.7 Å². The summed E-state index contributed by atoms with van der Waals surface area (Å²) < 4.78 is 12.4. The molecule has 2 aromatic carbocycles. The lowest BCUT2D eigenvalue weighted by Crippen LogP contribution is -2.48. The van der Waals surface area contributed by atoms with E-state index in [-0.39, 0.29) is 30.9 Å². The van der Waals surface area contributed by atoms with Gasteiger partial charge in [-0.25, -0.2) is 4.98 Å². The van der Waals surface area contributed by atoms with Crippen LogP contribution in [0.2, 0.25) is 0 Å². The monoisotopic (exact) mass is 534 g/mol. The summed E-state index contributed by atoms with van der Waals surface area (Å²) in [6, 6.07) is 12.4. The maximum Gasteiger partial charge on any atom is 0.266 e. The first-order chi connectivity index (χ1) is 18.2. The van der Waals surface area contributed by atoms with E-state index in [1.54, 1.807) is 24.1 Å². The zero-order chi connectivity index (χ0) is 27.0. The standard InChI is InChI=1S/C28H30N4O5S/c1-16-8-9-20-11-23(16)37-21-7-5-6-19(10-21)15-36-24-13-32(28(35)26-17(2)29-18(3)38-26)12-22(24)30-25(33)14-31(4)27(20)34/h5-11,22,24H,12-15H2,1-4H3,(H,30,33)/t22-,24-/m0/s1. The largest absolute Gasteiger partial charge is 0.457 e. The van der Waals surface area contributed by atoms with Crippen LogP contribution in [0.5, 0.6) is 11.5 Å². The van der Waals surface area contributed by atoms with Gasteiger partial charge in [-0.3, -0.25) is 14.4 Å². The molecule has 0 radical (unpaired) electrons. The quantitative estimate of drug-likeness (QED) is 0.513. The maximum absolute atomic E-state index is 13.3. The molecule has 2 aliphatic rings. The van der Waals surface area contributed by atoms with Crippen LogP contribution in [0.15, 0.2) is 42.5 Å². The molecule has 3 amide bonds. The first-order valence-corrected chi connectivity index (χ1v) is 13.3. The molecule has 1 fully saturated rings. The Morgan fingerprint density at radius 2 is 1.92 bits per heavy atom. The number of nitrogens with zero attached hydrogens (tertiary/aromatic N) is 3. The predicted molar refractivity (Wildman–Crippen MR) is 143 cm³/mol. The van der Waals surface area contributed by atoms with Gasteiger partial charge in [-0.2, -0.15) is 0 Å². The van der Waals surface area contributed by atoms with Gasteiger partial charge in [0.2, 0.25) is 5.91 Å². The minimum Gasteiger partial charge on any atom is -0.457 e. The smallest absolute Gasteiger partial charge is 0.266 e. The number of likely N-dealkylation sites (N-methyl/N-ethyl adjacent to an activating group) is 1. The number of hydrogen-bond donors (Lipinski definition) is 1. The van der Waals surface area contributed by atoms with E-state index < -0.39 is 12.1 Å². The maximum atomic E-state index is 13.3. The van der Waals surface area contributed by atoms with Crippen molar-refractivity contribution in [3.8, 4) is 11.5 Å². The highest BCUT2D eigenvalue weighted by molar-refractivity contribution is 7.13. The van der Waals surface area contributed by atoms with Gasteiger partial charge in [0.25, 0.3) is 11.8 Å². The molecular weight excluding hydrogens is 504 g/mol. The van der Waals surface area contributed by atoms with E-state index in [1.165, 1.54) is 16.2 Å². The number of fused-ring (bicyclic) bond motifs is 5. The van der Waals surface area contributed by atoms with E-state index in [9.17, 15) is 14.4 Å². The molecule has 1 N–H and O–H groups in total. The van der Waals surface area contributed by atoms with E-state index in [0.717, 1.165) is 16.1 Å². The molecule has 38 heavy (non-hydrogen) atoms. The molecule has 4 bridgehead atoms. The first-order valence-electron chi connectivity index (χ1n) is 12.4. The number of likely N-dealkylation sites (tertiary alicyclic amines) is 1. The summed E-state index contributed by atoms with van der Waals surface area (Å²) in [5.41, 5.74) is 2.90. The van der Waals surface area contributed by atoms with Crippen molar-refractivity contribution in [3.63, 3.8) is 0 Å². The molecule has 2 atom stereocenters. The summed E-state index contributed by atoms with van der Waals surface area (Å²) in [5.74, 6) is 0.455. The van der Waals surface area contributed by atoms with E-state index in [4.69, 9.17) is 9.47 Å². The Morgan fingerprint density at radius 3 is 2.68 bits per heavy atom. The molecule has 3 aromatic rings. The number of rotatable bonds is 1. The van der Waals surface area contributed by atoms with Crippen LogP contribution in [0, 0.1) is 20.8 Å². The van der Waals surface area contributed by atoms with Crippen LogP contribution in [-0.4, -0.2) is 71.3 Å². The molecule has 5 rings (SSSR count). The van der Waals surface area contributed by atoms with Crippen molar-refractivity contribution in [1.29, 1.82) is 0 Å². The van der Waals surface area contributed by atoms with Gasteiger partial charge in [0.05, 0.1) is 36.0 Å². The number of benzene rings is 2. The zero-order valence-corrected chi connectivity index (χ0v) is 22.6. The fourth-order valence-corrected chi connectivity index (χ4v) is 5.64. The van der Waals surface area contributed by atoms with Crippen LogP contribution in [0.1, 0.15) is 41.9 Å². The van der Waals surface area contributed by atoms with Crippen molar-refractivity contribution in [2.75, 3.05) is 26.7 Å². The van der Waals surface area contributed by atoms with Gasteiger partial charge in [-0.1, -0.05) is 18.2 Å². The highest BCUT2D eigenvalue weighted by atomic mass is 32.1. The SMILES string of the molecule is Cc1nc(C)c(C(=O)N2C[C@@H]3NC(=O)CN(C)C(=O)c4ccc(C)c(c4)Oc4cccc(c4)CO[C@H]3C2)s1. The fraction of sp³-hybridized carbons (Fsp3) is 0.357. The van der Waals surface area contributed by atoms with Crippen LogP contribution in [0.3, 0.4) is 0 Å². The average molecular weight is 535 g/mol. The number of aryl methyl sites for hydroxylation is 3. The van der Waals surface area contributed by atoms with Gasteiger partial charge in [-0.05, 0) is 56.2 Å². The topological polar surface area (TPSA) is 101 Å². The van der Waals surface area contributed by atoms with Crippen molar-refractivity contribution in [2.45, 2.75) is 39.5 Å². The first kappa shape index (κ1) is 25.9. The van der Waals surface area contributed by atoms with Crippen LogP contribution < -0.4 is 10.1 Å². The summed E-state index contributed by atoms with van der Waals surface area (Å²) in [7, 11) is 1.59. The second kappa shape index (κ2) is 10.5. The zero-order valence-electron chi connectivity index (χ0n) is 21.8. The molecule has 0 spiro atoms. The molecule has 2 aliphatic heterocycles. The number of carbonyl (C=O) groups is 3. The minimum atomic E-state index is -0.428. The van der Waals surface area contributed by atoms with Gasteiger partial charge >= 0.3 is 0 Å². The Balaban J connectivity index is 1.43. The third-order valence-corrected chi connectivity index (χ3v) is 7.81. The van der Waals surface area contributed by atoms with Crippen LogP contribution >= 0.6 is 11.3 Å². The lowest BCUT2D eigenvalue weighted by atomic mass is 10.1. The Bertz CT molecular complexity index is 1400. The van der Waals surface area contributed by atoms with E-state index in [1.807, 2.05) is 51.1 Å². The predicted octanol–water partition coefficient (Wildman–Crippen LogP) is 3.47. The van der Waals surface area contributed by atoms with Crippen molar-refractivity contribution >= 4 is 29.1 Å². The molecule has 1 saturated heterocycles. The Morgan fingerprint density at radius 1 is 1.11 bits per heavy atom. The average Bonchev–Trinajstić information content (AvgIpc) is 3.44. The number of thiazole rings is 1. The second-order valence-corrected chi connectivity index (χ2v) is 11.0. The highest BCUT2D eigenvalue weighted by Gasteiger charge is 2.38. The highest BCUT2D eigenvalue weighted by Crippen LogP contribution is 2.28.